The molecule has 0 amide bonds. The molecule has 2 aromatic heterocycles. The summed E-state index contributed by atoms with van der Waals surface area (Å²) in [5.74, 6) is 11.5. The minimum absolute atomic E-state index is 0.000347. The third-order valence-electron chi connectivity index (χ3n) is 6.77. The average Bonchev–Trinajstić information content (AvgIpc) is 3.66. The number of aliphatic hydroxyl groups is 2. The lowest BCUT2D eigenvalue weighted by Crippen LogP contribution is -2.42. The molecular formula is C23H35N8O6P. The fraction of sp³-hybridized carbons (Fsp3) is 0.609. The monoisotopic (exact) mass is 550 g/mol. The van der Waals surface area contributed by atoms with Gasteiger partial charge < -0.3 is 40.5 Å². The van der Waals surface area contributed by atoms with Crippen LogP contribution in [0.15, 0.2) is 17.2 Å². The van der Waals surface area contributed by atoms with Crippen molar-refractivity contribution in [1.29, 1.82) is 0 Å². The number of anilines is 1. The van der Waals surface area contributed by atoms with Crippen molar-refractivity contribution in [2.45, 2.75) is 68.5 Å². The number of hydrogen-bond donors (Lipinski definition) is 8. The largest absolute Gasteiger partial charge is 0.393 e. The summed E-state index contributed by atoms with van der Waals surface area (Å²) in [6, 6.07) is 4.22. The lowest BCUT2D eigenvalue weighted by molar-refractivity contribution is -0.0775. The number of amidine groups is 1. The number of aliphatic hydroxyl groups excluding tert-OH is 2. The Morgan fingerprint density at radius 1 is 1.26 bits per heavy atom. The van der Waals surface area contributed by atoms with Gasteiger partial charge in [0.15, 0.2) is 11.2 Å². The Labute approximate surface area is 221 Å². The molecule has 0 aromatic carbocycles. The Morgan fingerprint density at radius 2 is 2.05 bits per heavy atom. The average molecular weight is 551 g/mol. The minimum atomic E-state index is -2.72. The second-order valence-corrected chi connectivity index (χ2v) is 10.8. The highest BCUT2D eigenvalue weighted by Crippen LogP contribution is 2.46. The molecule has 3 atom stereocenters. The fourth-order valence-corrected chi connectivity index (χ4v) is 5.46. The molecule has 0 spiro atoms. The Balaban J connectivity index is 1.51. The zero-order valence-corrected chi connectivity index (χ0v) is 21.8. The van der Waals surface area contributed by atoms with Gasteiger partial charge in [-0.3, -0.25) is 0 Å². The van der Waals surface area contributed by atoms with Crippen LogP contribution in [0, 0.1) is 11.8 Å². The lowest BCUT2D eigenvalue weighted by atomic mass is 10.1. The maximum absolute atomic E-state index is 9.97. The van der Waals surface area contributed by atoms with Crippen LogP contribution in [-0.4, -0.2) is 77.7 Å². The molecule has 1 aliphatic carbocycles. The van der Waals surface area contributed by atoms with E-state index in [1.165, 1.54) is 12.8 Å². The van der Waals surface area contributed by atoms with Crippen molar-refractivity contribution in [3.05, 3.63) is 23.7 Å². The molecule has 4 rings (SSSR count). The second kappa shape index (κ2) is 13.0. The van der Waals surface area contributed by atoms with E-state index in [0.717, 1.165) is 24.1 Å². The van der Waals surface area contributed by atoms with Crippen molar-refractivity contribution >= 4 is 25.5 Å². The van der Waals surface area contributed by atoms with Gasteiger partial charge in [0, 0.05) is 12.5 Å². The summed E-state index contributed by atoms with van der Waals surface area (Å²) in [5.41, 5.74) is 9.40. The Kier molecular flexibility index (Phi) is 9.69. The molecule has 3 unspecified atom stereocenters. The van der Waals surface area contributed by atoms with E-state index in [1.807, 2.05) is 17.7 Å². The highest BCUT2D eigenvalue weighted by Gasteiger charge is 2.42. The molecule has 10 N–H and O–H groups in total. The maximum Gasteiger partial charge on any atom is 0.226 e. The van der Waals surface area contributed by atoms with Crippen LogP contribution in [0.2, 0.25) is 0 Å². The van der Waals surface area contributed by atoms with E-state index in [4.69, 9.17) is 26.2 Å². The molecule has 15 heteroatoms. The van der Waals surface area contributed by atoms with E-state index in [-0.39, 0.29) is 37.7 Å². The predicted molar refractivity (Wildman–Crippen MR) is 140 cm³/mol. The topological polar surface area (TPSA) is 218 Å². The first-order chi connectivity index (χ1) is 18.4. The molecule has 0 radical (unpaired) electrons. The van der Waals surface area contributed by atoms with Gasteiger partial charge in [-0.25, -0.2) is 15.9 Å². The van der Waals surface area contributed by atoms with Gasteiger partial charge in [0.2, 0.25) is 14.2 Å². The third kappa shape index (κ3) is 6.51. The quantitative estimate of drug-likeness (QED) is 0.0455. The Bertz CT molecular complexity index is 1180. The predicted octanol–water partition coefficient (Wildman–Crippen LogP) is -0.225. The third-order valence-corrected chi connectivity index (χ3v) is 7.93. The van der Waals surface area contributed by atoms with Crippen LogP contribution in [0.4, 0.5) is 5.82 Å². The Morgan fingerprint density at radius 3 is 2.74 bits per heavy atom. The molecule has 1 saturated carbocycles. The van der Waals surface area contributed by atoms with Crippen LogP contribution in [0.1, 0.15) is 62.6 Å². The molecule has 2 fully saturated rings. The van der Waals surface area contributed by atoms with E-state index in [2.05, 4.69) is 32.3 Å². The summed E-state index contributed by atoms with van der Waals surface area (Å²) in [7, 11) is -2.72. The van der Waals surface area contributed by atoms with Gasteiger partial charge in [-0.05, 0) is 43.7 Å². The molecule has 2 aliphatic rings. The molecular weight excluding hydrogens is 515 g/mol. The van der Waals surface area contributed by atoms with Crippen LogP contribution in [0.3, 0.4) is 0 Å². The molecule has 38 heavy (non-hydrogen) atoms. The molecule has 1 aliphatic heterocycles. The van der Waals surface area contributed by atoms with Crippen LogP contribution in [-0.2, 0) is 9.47 Å². The van der Waals surface area contributed by atoms with E-state index in [9.17, 15) is 14.9 Å². The maximum atomic E-state index is 9.97. The minimum Gasteiger partial charge on any atom is -0.393 e. The first kappa shape index (κ1) is 28.4. The first-order valence-corrected chi connectivity index (χ1v) is 13.8. The first-order valence-electron chi connectivity index (χ1n) is 12.5. The smallest absolute Gasteiger partial charge is 0.226 e. The van der Waals surface area contributed by atoms with Crippen molar-refractivity contribution in [3.8, 4) is 11.8 Å². The number of ether oxygens (including phenoxy) is 2. The van der Waals surface area contributed by atoms with E-state index >= 15 is 0 Å². The van der Waals surface area contributed by atoms with Gasteiger partial charge in [-0.15, -0.1) is 5.10 Å². The number of hydrazine groups is 1. The number of fused-ring (bicyclic) bond motifs is 1. The van der Waals surface area contributed by atoms with Crippen LogP contribution < -0.4 is 22.4 Å². The van der Waals surface area contributed by atoms with Crippen LogP contribution in [0.5, 0.6) is 0 Å². The highest BCUT2D eigenvalue weighted by molar-refractivity contribution is 7.46. The van der Waals surface area contributed by atoms with Crippen LogP contribution >= 0.6 is 8.38 Å². The van der Waals surface area contributed by atoms with Crippen molar-refractivity contribution in [2.24, 2.45) is 16.7 Å². The molecule has 14 nitrogen and oxygen atoms in total. The number of aromatic nitrogens is 3. The second-order valence-electron chi connectivity index (χ2n) is 9.36. The van der Waals surface area contributed by atoms with Gasteiger partial charge in [0.05, 0.1) is 25.0 Å². The summed E-state index contributed by atoms with van der Waals surface area (Å²) in [6.45, 7) is -0.976. The standard InChI is InChI=1S/C23H35N8O6P/c24-20(28-30-25)12-23(14-33,38(34)35)36-13-16-7-10-19(37-16)17-8-9-18-22(26-15-4-1-2-5-15)27-21(6-3-11-32)29-31(17)18/h8-9,15-16,19,30,32-35H,1-2,4-5,7,10-14,25H2,(H2,24,28)(H,26,27,29). The summed E-state index contributed by atoms with van der Waals surface area (Å²) >= 11 is 0. The molecule has 3 heterocycles. The number of nitrogens with zero attached hydrogens (tertiary/aromatic N) is 4. The zero-order chi connectivity index (χ0) is 27.1. The zero-order valence-electron chi connectivity index (χ0n) is 21.0. The van der Waals surface area contributed by atoms with Crippen molar-refractivity contribution in [1.82, 2.24) is 20.1 Å². The van der Waals surface area contributed by atoms with Crippen molar-refractivity contribution in [2.75, 3.05) is 25.1 Å². The van der Waals surface area contributed by atoms with E-state index < -0.39 is 20.3 Å². The normalized spacial score (nSPS) is 22.0. The number of nitrogens with two attached hydrogens (primary N) is 2. The lowest BCUT2D eigenvalue weighted by Gasteiger charge is -2.33. The van der Waals surface area contributed by atoms with Crippen molar-refractivity contribution < 1.29 is 29.5 Å². The fourth-order valence-electron chi connectivity index (χ4n) is 4.84. The van der Waals surface area contributed by atoms with Gasteiger partial charge in [0.1, 0.15) is 24.1 Å². The van der Waals surface area contributed by atoms with Crippen LogP contribution in [0.25, 0.3) is 5.52 Å². The summed E-state index contributed by atoms with van der Waals surface area (Å²) in [6.07, 6.45) is 4.91. The number of hydrazone groups is 1. The molecule has 2 aromatic rings. The SMILES string of the molecule is NN/N=C(\N)CC(CO)(OCC1CCC(c2ccc3c(NC4CCCC4)nc(C#CCO)nn23)O1)P(O)O. The van der Waals surface area contributed by atoms with Crippen molar-refractivity contribution in [3.63, 3.8) is 0 Å². The Hall–Kier alpha value is -2.60. The summed E-state index contributed by atoms with van der Waals surface area (Å²) < 4.78 is 13.8. The van der Waals surface area contributed by atoms with Gasteiger partial charge in [-0.1, -0.05) is 18.8 Å². The van der Waals surface area contributed by atoms with Gasteiger partial charge >= 0.3 is 0 Å². The van der Waals surface area contributed by atoms with E-state index in [1.54, 1.807) is 4.52 Å². The number of rotatable bonds is 11. The molecule has 0 bridgehead atoms. The number of hydrogen-bond acceptors (Lipinski definition) is 12. The summed E-state index contributed by atoms with van der Waals surface area (Å²) in [4.78, 5) is 24.5. The molecule has 208 valence electrons. The van der Waals surface area contributed by atoms with E-state index in [0.29, 0.717) is 30.5 Å². The number of nitrogens with one attached hydrogen (secondary N) is 2. The van der Waals surface area contributed by atoms with Gasteiger partial charge in [-0.2, -0.15) is 10.1 Å². The highest BCUT2D eigenvalue weighted by atomic mass is 31.2. The van der Waals surface area contributed by atoms with Gasteiger partial charge in [0.25, 0.3) is 0 Å². The molecule has 1 saturated heterocycles. The summed E-state index contributed by atoms with van der Waals surface area (Å²) in [5, 5.41) is 29.0.